The number of halogens is 2. The predicted molar refractivity (Wildman–Crippen MR) is 106 cm³/mol. The summed E-state index contributed by atoms with van der Waals surface area (Å²) in [5.74, 6) is 0.529. The third-order valence-corrected chi connectivity index (χ3v) is 8.05. The van der Waals surface area contributed by atoms with Gasteiger partial charge >= 0.3 is 0 Å². The first-order chi connectivity index (χ1) is 12.8. The van der Waals surface area contributed by atoms with Gasteiger partial charge < -0.3 is 10.6 Å². The summed E-state index contributed by atoms with van der Waals surface area (Å²) >= 11 is 0. The van der Waals surface area contributed by atoms with E-state index in [1.54, 1.807) is 0 Å². The number of sulfonamides is 1. The summed E-state index contributed by atoms with van der Waals surface area (Å²) in [5, 5.41) is 0. The SMILES string of the molecule is Cl.NC1C2CCC(C2)C1C(=O)N1CCC(NS(=O)(=O)c2ccc(F)cc2)CC1. The Balaban J connectivity index is 0.00000225. The quantitative estimate of drug-likeness (QED) is 0.761. The van der Waals surface area contributed by atoms with E-state index in [4.69, 9.17) is 5.73 Å². The molecule has 4 unspecified atom stereocenters. The predicted octanol–water partition coefficient (Wildman–Crippen LogP) is 1.89. The van der Waals surface area contributed by atoms with Gasteiger partial charge in [-0.15, -0.1) is 12.4 Å². The average Bonchev–Trinajstić information content (AvgIpc) is 3.23. The van der Waals surface area contributed by atoms with Crippen molar-refractivity contribution in [1.29, 1.82) is 0 Å². The summed E-state index contributed by atoms with van der Waals surface area (Å²) in [6.45, 7) is 1.08. The highest BCUT2D eigenvalue weighted by molar-refractivity contribution is 7.89. The van der Waals surface area contributed by atoms with Gasteiger partial charge in [-0.2, -0.15) is 0 Å². The van der Waals surface area contributed by atoms with Crippen molar-refractivity contribution in [1.82, 2.24) is 9.62 Å². The van der Waals surface area contributed by atoms with Crippen molar-refractivity contribution in [3.05, 3.63) is 30.1 Å². The minimum atomic E-state index is -3.69. The van der Waals surface area contributed by atoms with Crippen molar-refractivity contribution in [2.24, 2.45) is 23.5 Å². The summed E-state index contributed by atoms with van der Waals surface area (Å²) in [5.41, 5.74) is 6.29. The zero-order valence-electron chi connectivity index (χ0n) is 15.6. The molecule has 2 saturated carbocycles. The number of hydrogen-bond acceptors (Lipinski definition) is 4. The summed E-state index contributed by atoms with van der Waals surface area (Å²) in [4.78, 5) is 14.8. The molecular weight excluding hydrogens is 405 g/mol. The Morgan fingerprint density at radius 1 is 1.07 bits per heavy atom. The van der Waals surface area contributed by atoms with Crippen LogP contribution in [0.25, 0.3) is 0 Å². The van der Waals surface area contributed by atoms with E-state index in [9.17, 15) is 17.6 Å². The molecule has 1 aromatic rings. The number of hydrogen-bond donors (Lipinski definition) is 2. The van der Waals surface area contributed by atoms with Gasteiger partial charge in [0, 0.05) is 25.2 Å². The fraction of sp³-hybridized carbons (Fsp3) is 0.632. The lowest BCUT2D eigenvalue weighted by Gasteiger charge is -2.37. The highest BCUT2D eigenvalue weighted by Crippen LogP contribution is 2.48. The summed E-state index contributed by atoms with van der Waals surface area (Å²) in [7, 11) is -3.69. The van der Waals surface area contributed by atoms with Crippen LogP contribution in [-0.2, 0) is 14.8 Å². The van der Waals surface area contributed by atoms with Gasteiger partial charge in [0.2, 0.25) is 15.9 Å². The van der Waals surface area contributed by atoms with Crippen LogP contribution >= 0.6 is 12.4 Å². The number of likely N-dealkylation sites (tertiary alicyclic amines) is 1. The molecule has 1 amide bonds. The summed E-state index contributed by atoms with van der Waals surface area (Å²) in [6.07, 6.45) is 4.46. The molecule has 0 aromatic heterocycles. The number of piperidine rings is 1. The van der Waals surface area contributed by atoms with Crippen LogP contribution in [0.2, 0.25) is 0 Å². The van der Waals surface area contributed by atoms with Crippen LogP contribution in [-0.4, -0.2) is 44.4 Å². The van der Waals surface area contributed by atoms with Crippen molar-refractivity contribution in [2.75, 3.05) is 13.1 Å². The van der Waals surface area contributed by atoms with Crippen molar-refractivity contribution in [3.63, 3.8) is 0 Å². The first-order valence-corrected chi connectivity index (χ1v) is 11.2. The Morgan fingerprint density at radius 3 is 2.25 bits per heavy atom. The van der Waals surface area contributed by atoms with Crippen molar-refractivity contribution in [2.45, 2.75) is 49.1 Å². The van der Waals surface area contributed by atoms with Gasteiger partial charge in [0.05, 0.1) is 10.8 Å². The molecule has 9 heteroatoms. The summed E-state index contributed by atoms with van der Waals surface area (Å²) < 4.78 is 40.6. The Labute approximate surface area is 171 Å². The molecule has 0 radical (unpaired) electrons. The van der Waals surface area contributed by atoms with Gasteiger partial charge in [0.15, 0.2) is 0 Å². The second-order valence-corrected chi connectivity index (χ2v) is 9.83. The van der Waals surface area contributed by atoms with Crippen LogP contribution in [0, 0.1) is 23.6 Å². The topological polar surface area (TPSA) is 92.5 Å². The lowest BCUT2D eigenvalue weighted by Crippen LogP contribution is -2.51. The molecule has 2 aliphatic carbocycles. The minimum Gasteiger partial charge on any atom is -0.342 e. The zero-order valence-corrected chi connectivity index (χ0v) is 17.2. The molecule has 2 bridgehead atoms. The number of nitrogens with two attached hydrogens (primary N) is 1. The highest BCUT2D eigenvalue weighted by atomic mass is 35.5. The monoisotopic (exact) mass is 431 g/mol. The van der Waals surface area contributed by atoms with E-state index in [-0.39, 0.29) is 41.2 Å². The maximum Gasteiger partial charge on any atom is 0.240 e. The molecule has 1 heterocycles. The van der Waals surface area contributed by atoms with Crippen LogP contribution in [0.1, 0.15) is 32.1 Å². The molecule has 1 aromatic carbocycles. The smallest absolute Gasteiger partial charge is 0.240 e. The Morgan fingerprint density at radius 2 is 1.68 bits per heavy atom. The molecule has 1 aliphatic heterocycles. The van der Waals surface area contributed by atoms with E-state index < -0.39 is 15.8 Å². The Hall–Kier alpha value is -1.22. The van der Waals surface area contributed by atoms with E-state index in [0.29, 0.717) is 37.8 Å². The first-order valence-electron chi connectivity index (χ1n) is 9.67. The second kappa shape index (κ2) is 8.26. The van der Waals surface area contributed by atoms with Crippen molar-refractivity contribution in [3.8, 4) is 0 Å². The van der Waals surface area contributed by atoms with E-state index >= 15 is 0 Å². The van der Waals surface area contributed by atoms with E-state index in [1.807, 2.05) is 4.90 Å². The molecule has 156 valence electrons. The third kappa shape index (κ3) is 4.06. The lowest BCUT2D eigenvalue weighted by atomic mass is 9.83. The molecule has 4 rings (SSSR count). The van der Waals surface area contributed by atoms with Gasteiger partial charge in [0.1, 0.15) is 5.82 Å². The van der Waals surface area contributed by atoms with Gasteiger partial charge in [-0.05, 0) is 68.2 Å². The largest absolute Gasteiger partial charge is 0.342 e. The molecule has 6 nitrogen and oxygen atoms in total. The van der Waals surface area contributed by atoms with E-state index in [2.05, 4.69) is 4.72 Å². The molecule has 4 atom stereocenters. The van der Waals surface area contributed by atoms with Gasteiger partial charge in [0.25, 0.3) is 0 Å². The van der Waals surface area contributed by atoms with Crippen LogP contribution in [0.4, 0.5) is 4.39 Å². The molecular formula is C19H27ClFN3O3S. The Kier molecular flexibility index (Phi) is 6.34. The number of carbonyl (C=O) groups excluding carboxylic acids is 1. The molecule has 0 spiro atoms. The van der Waals surface area contributed by atoms with E-state index in [0.717, 1.165) is 31.4 Å². The fourth-order valence-corrected chi connectivity index (χ4v) is 6.34. The number of nitrogens with zero attached hydrogens (tertiary/aromatic N) is 1. The van der Waals surface area contributed by atoms with Crippen molar-refractivity contribution < 1.29 is 17.6 Å². The Bertz CT molecular complexity index is 810. The molecule has 1 saturated heterocycles. The minimum absolute atomic E-state index is 0. The normalized spacial score (nSPS) is 30.3. The van der Waals surface area contributed by atoms with Crippen LogP contribution in [0.3, 0.4) is 0 Å². The third-order valence-electron chi connectivity index (χ3n) is 6.52. The second-order valence-electron chi connectivity index (χ2n) is 8.11. The maximum absolute atomic E-state index is 13.0. The number of carbonyl (C=O) groups is 1. The zero-order chi connectivity index (χ0) is 19.2. The number of fused-ring (bicyclic) bond motifs is 2. The first kappa shape index (κ1) is 21.5. The van der Waals surface area contributed by atoms with Gasteiger partial charge in [-0.25, -0.2) is 17.5 Å². The highest BCUT2D eigenvalue weighted by Gasteiger charge is 2.50. The molecule has 3 N–H and O–H groups in total. The summed E-state index contributed by atoms with van der Waals surface area (Å²) in [6, 6.07) is 4.53. The number of benzene rings is 1. The van der Waals surface area contributed by atoms with E-state index in [1.165, 1.54) is 12.1 Å². The molecule has 3 aliphatic rings. The lowest BCUT2D eigenvalue weighted by molar-refractivity contribution is -0.138. The van der Waals surface area contributed by atoms with Crippen LogP contribution in [0.5, 0.6) is 0 Å². The van der Waals surface area contributed by atoms with Crippen LogP contribution < -0.4 is 10.5 Å². The number of nitrogens with one attached hydrogen (secondary N) is 1. The van der Waals surface area contributed by atoms with Crippen LogP contribution in [0.15, 0.2) is 29.2 Å². The molecule has 28 heavy (non-hydrogen) atoms. The average molecular weight is 432 g/mol. The molecule has 3 fully saturated rings. The maximum atomic E-state index is 13.0. The van der Waals surface area contributed by atoms with Gasteiger partial charge in [-0.3, -0.25) is 4.79 Å². The fourth-order valence-electron chi connectivity index (χ4n) is 5.03. The van der Waals surface area contributed by atoms with Gasteiger partial charge in [-0.1, -0.05) is 0 Å². The number of rotatable bonds is 4. The standard InChI is InChI=1S/C19H26FN3O3S.ClH/c20-14-3-5-16(6-4-14)27(25,26)22-15-7-9-23(10-8-15)19(24)17-12-1-2-13(11-12)18(17)21;/h3-6,12-13,15,17-18,22H,1-2,7-11,21H2;1H. The number of amides is 1. The van der Waals surface area contributed by atoms with Crippen molar-refractivity contribution >= 4 is 28.3 Å².